The minimum absolute atomic E-state index is 0. The number of alkyl halides is 1. The van der Waals surface area contributed by atoms with Crippen LogP contribution < -0.4 is 57.2 Å². The van der Waals surface area contributed by atoms with Gasteiger partial charge in [-0.1, -0.05) is 104 Å². The number of aromatic amines is 1. The largest absolute Gasteiger partial charge is 0 e. The Morgan fingerprint density at radius 3 is 1.26 bits per heavy atom. The Morgan fingerprint density at radius 2 is 0.850 bits per heavy atom. The summed E-state index contributed by atoms with van der Waals surface area (Å²) in [5.41, 5.74) is 5.72. The number of nitrogens with zero attached hydrogens (tertiary/aromatic N) is 20. The van der Waals surface area contributed by atoms with Crippen LogP contribution in [0.2, 0.25) is 0 Å². The molecule has 2 fully saturated rings. The van der Waals surface area contributed by atoms with E-state index >= 15 is 0 Å². The van der Waals surface area contributed by atoms with Crippen LogP contribution in [0.5, 0.6) is 0 Å². The molecule has 694 valence electrons. The van der Waals surface area contributed by atoms with Crippen LogP contribution in [0, 0.1) is 56.3 Å². The predicted molar refractivity (Wildman–Crippen MR) is 570 cm³/mol. The van der Waals surface area contributed by atoms with Crippen LogP contribution in [-0.4, -0.2) is 158 Å². The van der Waals surface area contributed by atoms with E-state index in [2.05, 4.69) is 255 Å². The van der Waals surface area contributed by atoms with Crippen LogP contribution >= 0.6 is 181 Å². The van der Waals surface area contributed by atoms with Crippen LogP contribution in [0.15, 0.2) is 160 Å². The molecule has 18 rings (SSSR count). The van der Waals surface area contributed by atoms with E-state index in [0.29, 0.717) is 145 Å². The van der Waals surface area contributed by atoms with E-state index < -0.39 is 33.7 Å². The number of amides is 4. The average molecular weight is 2960 g/mol. The van der Waals surface area contributed by atoms with Crippen molar-refractivity contribution in [3.63, 3.8) is 0 Å². The number of aromatic nitrogens is 18. The van der Waals surface area contributed by atoms with E-state index in [1.165, 1.54) is 23.5 Å². The molecule has 32 nitrogen and oxygen atoms in total. The Kier molecular flexibility index (Phi) is 43.6. The third-order valence-electron chi connectivity index (χ3n) is 21.2. The first kappa shape index (κ1) is 111. The van der Waals surface area contributed by atoms with Crippen molar-refractivity contribution in [2.24, 2.45) is 21.1 Å². The van der Waals surface area contributed by atoms with Crippen molar-refractivity contribution in [1.29, 1.82) is 0 Å². The molecule has 1 radical (unpaired) electrons. The zero-order chi connectivity index (χ0) is 94.8. The van der Waals surface area contributed by atoms with Gasteiger partial charge in [-0.2, -0.15) is 4.98 Å². The summed E-state index contributed by atoms with van der Waals surface area (Å²) < 4.78 is 12.2. The topological polar surface area (TPSA) is 364 Å². The van der Waals surface area contributed by atoms with Gasteiger partial charge in [-0.05, 0) is 148 Å². The second-order valence-corrected chi connectivity index (χ2v) is 94.1. The summed E-state index contributed by atoms with van der Waals surface area (Å²) in [6.07, 6.45) is 3.26. The molecule has 2 atom stereocenters. The van der Waals surface area contributed by atoms with Crippen LogP contribution in [0.25, 0.3) is 66.2 Å². The first-order valence-corrected chi connectivity index (χ1v) is 76.9. The average Bonchev–Trinajstić information content (AvgIpc) is 1.59. The van der Waals surface area contributed by atoms with Gasteiger partial charge in [0.05, 0.1) is 89.5 Å². The Morgan fingerprint density at radius 1 is 0.496 bits per heavy atom. The molecule has 46 heteroatoms. The monoisotopic (exact) mass is 2960 g/mol. The zero-order valence-electron chi connectivity index (χ0n) is 71.6. The smallest absolute Gasteiger partial charge is 0 e. The number of nitrogens with one attached hydrogen (secondary N) is 2. The Labute approximate surface area is 893 Å². The number of imide groups is 2. The Balaban J connectivity index is 0.000000194. The number of carbonyl (C=O) groups is 4. The number of para-hydroxylation sites is 3. The molecule has 4 aliphatic heterocycles. The zero-order valence-corrected chi connectivity index (χ0v) is 97.0. The van der Waals surface area contributed by atoms with E-state index in [-0.39, 0.29) is 104 Å². The number of hydrogen-bond acceptors (Lipinski definition) is 21. The molecule has 14 aromatic rings. The van der Waals surface area contributed by atoms with Gasteiger partial charge in [-0.3, -0.25) is 75.7 Å². The molecular formula is C87H83Br2ClI8N22O10V3-. The predicted octanol–water partition coefficient (Wildman–Crippen LogP) is 12.2. The molecular weight excluding hydrogens is 2880 g/mol. The van der Waals surface area contributed by atoms with Crippen molar-refractivity contribution in [3.8, 4) is 35.5 Å². The standard InChI is InChI=1S/C33H30N8O4.C20H17BrN6O2.C13H14N2O2.C10H9BrN4O2.C10H9ClN2.CH4.I3.5HI.3V/c1-4-5-17-39-27-28(37(3)33(45)40(31(27)44)19-26-34-20(2)22-12-8-9-15-25(22)35-26)36-32(39)38-16-10-11-21(18-38)41-29(42)23-13-6-7-14-24(23)30(41)43;1-4-5-10-26-16-17(24-19(26)21)25(3)20(29)27(18(16)28)11-15-22-12(2)13-8-6-7-9-14(13)23-15;16-12-10-5-1-2-6-11(10)13(17)15(12)9-4-3-7-14-8-9;1-3-4-5-15-6-7(12-9(15)11)14(2)10(17)13-8(6)16;1-7-8-4-2-3-5-9(8)13-10(6-11)12-7;;1-3-2;;;;;;;;/h6-9,12-15,21H,10-11,16-19H2,1-3H3;6-9H,10-11H2,1-3H3;1-2,5-6,9,14H,3-4,7-8H2;5H2,1-2H3,(H,13,16,17);2-5H,6H2,1H3;1H4;;5*1H;;;/q;;;;;;-1;;;;;;;+2;+3/p-5/t21-;;9-;;;;;;;;;;;;/m1.1............/s1. The van der Waals surface area contributed by atoms with Gasteiger partial charge in [-0.15, -0.1) is 29.4 Å². The van der Waals surface area contributed by atoms with Gasteiger partial charge in [0.25, 0.3) is 40.3 Å². The van der Waals surface area contributed by atoms with Crippen LogP contribution in [0.4, 0.5) is 5.95 Å². The van der Waals surface area contributed by atoms with Crippen LogP contribution in [0.1, 0.15) is 130 Å². The van der Waals surface area contributed by atoms with Gasteiger partial charge in [-0.25, -0.2) is 54.3 Å². The number of fused-ring (bicyclic) bond motifs is 8. The van der Waals surface area contributed by atoms with Crippen LogP contribution in [0.3, 0.4) is 0 Å². The summed E-state index contributed by atoms with van der Waals surface area (Å²) in [7, 11) is 5.35. The first-order valence-electron chi connectivity index (χ1n) is 39.7. The van der Waals surface area contributed by atoms with Gasteiger partial charge in [0.1, 0.15) is 17.5 Å². The second kappa shape index (κ2) is 52.4. The second-order valence-electron chi connectivity index (χ2n) is 29.0. The van der Waals surface area contributed by atoms with Gasteiger partial charge in [0.2, 0.25) is 5.95 Å². The van der Waals surface area contributed by atoms with E-state index in [9.17, 15) is 47.9 Å². The molecule has 2 saturated heterocycles. The van der Waals surface area contributed by atoms with Crippen molar-refractivity contribution in [2.75, 3.05) is 31.1 Å². The fourth-order valence-electron chi connectivity index (χ4n) is 15.2. The Bertz CT molecular complexity index is 7270. The number of anilines is 1. The molecule has 5 aromatic carbocycles. The summed E-state index contributed by atoms with van der Waals surface area (Å²) in [5.74, 6) is 18.6. The molecule has 0 spiro atoms. The van der Waals surface area contributed by atoms with Crippen molar-refractivity contribution < 1.29 is 65.4 Å². The number of imidazole rings is 3. The molecule has 4 aliphatic rings. The maximum atomic E-state index is 14.1. The van der Waals surface area contributed by atoms with Crippen molar-refractivity contribution in [3.05, 3.63) is 250 Å². The number of carbonyl (C=O) groups excluding carboxylic acids is 4. The minimum atomic E-state index is -0.540. The number of halogens is 11. The number of aryl methyl sites for hydroxylation is 6. The number of H-pyrrole nitrogens is 1. The minimum Gasteiger partial charge on any atom is 0 e. The van der Waals surface area contributed by atoms with Crippen molar-refractivity contribution >= 4 is 276 Å². The number of piperidine rings is 2. The quantitative estimate of drug-likeness (QED) is 0.0399. The molecule has 0 unspecified atom stereocenters. The third-order valence-corrected chi connectivity index (χ3v) is 22.6. The summed E-state index contributed by atoms with van der Waals surface area (Å²) in [6.45, 7) is 14.1. The maximum Gasteiger partial charge on any atom is 0 e. The van der Waals surface area contributed by atoms with Crippen molar-refractivity contribution in [2.45, 2.75) is 125 Å². The fourth-order valence-corrected chi connectivity index (χ4v) is 16.3. The van der Waals surface area contributed by atoms with Crippen LogP contribution in [-0.2, 0) is 92.7 Å². The van der Waals surface area contributed by atoms with Gasteiger partial charge in [0.15, 0.2) is 43.0 Å². The molecule has 4 amide bonds. The van der Waals surface area contributed by atoms with E-state index in [1.807, 2.05) is 98.5 Å². The molecule has 2 N–H and O–H groups in total. The number of rotatable bonds is 11. The Hall–Kier alpha value is -5.87. The van der Waals surface area contributed by atoms with Gasteiger partial charge in [0, 0.05) is 92.6 Å². The third kappa shape index (κ3) is 26.1. The summed E-state index contributed by atoms with van der Waals surface area (Å²) in [4.78, 5) is 175. The maximum absolute atomic E-state index is 14.1. The molecule has 0 saturated carbocycles. The summed E-state index contributed by atoms with van der Waals surface area (Å²) >= 11 is 29.7. The molecule has 133 heavy (non-hydrogen) atoms. The summed E-state index contributed by atoms with van der Waals surface area (Å²) in [5, 5.41) is 6.17. The normalized spacial score (nSPS) is 13.9. The molecule has 0 aliphatic carbocycles. The van der Waals surface area contributed by atoms with Gasteiger partial charge < -0.3 is 19.4 Å². The summed E-state index contributed by atoms with van der Waals surface area (Å²) in [6, 6.07) is 36.7. The van der Waals surface area contributed by atoms with E-state index in [1.54, 1.807) is 104 Å². The molecule has 0 bridgehead atoms. The fraction of sp³-hybridized carbons (Fsp3) is 0.299. The molecule has 9 aromatic heterocycles. The molecule has 13 heterocycles. The van der Waals surface area contributed by atoms with E-state index in [0.717, 1.165) is 78.3 Å². The number of hydrogen-bond donors (Lipinski definition) is 2. The number of benzene rings is 5. The SMILES string of the molecule is C.CC#CCn1c(Br)nc2c1c(=O)[nH]c(=O)n2C.CC#CCn1c(Br)nc2c1c(=O)n(Cc1nc(C)c3ccccc3n1)c(=O)n2C.CC#CCn1c(N2CCC[C@@H](N3C(=O)c4ccccc4C3=O)C2)nc2c1c(=O)n(Cc1nc(C)c3ccccc3n1)c(=O)n2C.Cc1nc(CCl)nc2ccccc12.I[I-]I.O=C1c2ccccc2C(=O)N1[C@@H]1CCCNC1.[I][V]([I])[I].[I][V][I].[V]. The first-order chi connectivity index (χ1) is 62.9. The van der Waals surface area contributed by atoms with Gasteiger partial charge >= 0.3 is 182 Å². The van der Waals surface area contributed by atoms with Crippen molar-refractivity contribution in [1.82, 2.24) is 101 Å². The van der Waals surface area contributed by atoms with E-state index in [4.69, 9.17) is 16.6 Å².